The molecule has 0 atom stereocenters. The Labute approximate surface area is 118 Å². The van der Waals surface area contributed by atoms with Crippen LogP contribution >= 0.6 is 0 Å². The second kappa shape index (κ2) is 5.15. The quantitative estimate of drug-likeness (QED) is 0.795. The zero-order chi connectivity index (χ0) is 14.1. The standard InChI is InChI=1S/C15H18N2O3/c1-20-13-9-5-4-8-12(13)17-14(18)10-16(15(17)19)11-6-2-3-7-11/h4-5,8-9,11H,2-3,6-7,10H2,1H3. The zero-order valence-corrected chi connectivity index (χ0v) is 11.5. The van der Waals surface area contributed by atoms with E-state index in [9.17, 15) is 9.59 Å². The van der Waals surface area contributed by atoms with Crippen LogP contribution in [0.3, 0.4) is 0 Å². The number of carbonyl (C=O) groups excluding carboxylic acids is 2. The molecule has 1 aliphatic heterocycles. The van der Waals surface area contributed by atoms with E-state index in [2.05, 4.69) is 0 Å². The number of carbonyl (C=O) groups is 2. The number of imide groups is 1. The predicted molar refractivity (Wildman–Crippen MR) is 74.8 cm³/mol. The largest absolute Gasteiger partial charge is 0.495 e. The van der Waals surface area contributed by atoms with Crippen LogP contribution in [0.15, 0.2) is 24.3 Å². The van der Waals surface area contributed by atoms with Gasteiger partial charge in [0.05, 0.1) is 12.8 Å². The fraction of sp³-hybridized carbons (Fsp3) is 0.467. The molecule has 5 nitrogen and oxygen atoms in total. The highest BCUT2D eigenvalue weighted by Crippen LogP contribution is 2.33. The number of urea groups is 1. The maximum atomic E-state index is 12.5. The second-order valence-corrected chi connectivity index (χ2v) is 5.25. The lowest BCUT2D eigenvalue weighted by molar-refractivity contribution is -0.116. The van der Waals surface area contributed by atoms with Crippen LogP contribution < -0.4 is 9.64 Å². The second-order valence-electron chi connectivity index (χ2n) is 5.25. The summed E-state index contributed by atoms with van der Waals surface area (Å²) in [5.41, 5.74) is 0.533. The molecule has 1 saturated carbocycles. The molecule has 5 heteroatoms. The van der Waals surface area contributed by atoms with E-state index < -0.39 is 0 Å². The Kier molecular flexibility index (Phi) is 3.34. The lowest BCUT2D eigenvalue weighted by atomic mass is 10.2. The van der Waals surface area contributed by atoms with Crippen molar-refractivity contribution in [1.82, 2.24) is 4.90 Å². The molecule has 3 amide bonds. The number of hydrogen-bond acceptors (Lipinski definition) is 3. The van der Waals surface area contributed by atoms with Gasteiger partial charge in [-0.15, -0.1) is 0 Å². The molecule has 0 N–H and O–H groups in total. The Morgan fingerprint density at radius 3 is 2.55 bits per heavy atom. The molecule has 2 fully saturated rings. The van der Waals surface area contributed by atoms with Crippen LogP contribution in [-0.2, 0) is 4.79 Å². The summed E-state index contributed by atoms with van der Waals surface area (Å²) in [6.45, 7) is 0.182. The molecule has 0 aromatic heterocycles. The number of amides is 3. The van der Waals surface area contributed by atoms with E-state index in [-0.39, 0.29) is 24.5 Å². The molecule has 1 heterocycles. The van der Waals surface area contributed by atoms with Crippen molar-refractivity contribution in [1.29, 1.82) is 0 Å². The van der Waals surface area contributed by atoms with Gasteiger partial charge in [0.1, 0.15) is 12.3 Å². The van der Waals surface area contributed by atoms with E-state index >= 15 is 0 Å². The Bertz CT molecular complexity index is 538. The Morgan fingerprint density at radius 1 is 1.15 bits per heavy atom. The summed E-state index contributed by atoms with van der Waals surface area (Å²) in [6.07, 6.45) is 4.27. The van der Waals surface area contributed by atoms with Crippen LogP contribution in [0.2, 0.25) is 0 Å². The number of anilines is 1. The minimum Gasteiger partial charge on any atom is -0.495 e. The smallest absolute Gasteiger partial charge is 0.332 e. The van der Waals surface area contributed by atoms with Crippen LogP contribution in [0.25, 0.3) is 0 Å². The van der Waals surface area contributed by atoms with Gasteiger partial charge in [-0.05, 0) is 25.0 Å². The van der Waals surface area contributed by atoms with Crippen LogP contribution in [-0.4, -0.2) is 36.5 Å². The molecule has 2 aliphatic rings. The van der Waals surface area contributed by atoms with Gasteiger partial charge in [0.15, 0.2) is 0 Å². The zero-order valence-electron chi connectivity index (χ0n) is 11.5. The lowest BCUT2D eigenvalue weighted by Gasteiger charge is -2.23. The summed E-state index contributed by atoms with van der Waals surface area (Å²) in [4.78, 5) is 27.7. The van der Waals surface area contributed by atoms with Crippen molar-refractivity contribution in [3.8, 4) is 5.75 Å². The molecule has 0 bridgehead atoms. The third-order valence-corrected chi connectivity index (χ3v) is 4.08. The van der Waals surface area contributed by atoms with Crippen LogP contribution in [0.5, 0.6) is 5.75 Å². The molecular formula is C15H18N2O3. The van der Waals surface area contributed by atoms with Gasteiger partial charge in [0.25, 0.3) is 5.91 Å². The maximum absolute atomic E-state index is 12.5. The number of para-hydroxylation sites is 2. The number of rotatable bonds is 3. The van der Waals surface area contributed by atoms with Gasteiger partial charge in [-0.3, -0.25) is 4.79 Å². The molecule has 1 aliphatic carbocycles. The summed E-state index contributed by atoms with van der Waals surface area (Å²) in [6, 6.07) is 7.12. The van der Waals surface area contributed by atoms with Crippen LogP contribution in [0.4, 0.5) is 10.5 Å². The number of methoxy groups -OCH3 is 1. The third-order valence-electron chi connectivity index (χ3n) is 4.08. The van der Waals surface area contributed by atoms with Gasteiger partial charge in [-0.2, -0.15) is 0 Å². The average molecular weight is 274 g/mol. The molecule has 0 unspecified atom stereocenters. The van der Waals surface area contributed by atoms with Crippen molar-refractivity contribution >= 4 is 17.6 Å². The highest BCUT2D eigenvalue weighted by Gasteiger charge is 2.42. The molecule has 1 aromatic rings. The maximum Gasteiger partial charge on any atom is 0.332 e. The van der Waals surface area contributed by atoms with E-state index in [4.69, 9.17) is 4.74 Å². The molecule has 20 heavy (non-hydrogen) atoms. The van der Waals surface area contributed by atoms with Crippen molar-refractivity contribution in [3.63, 3.8) is 0 Å². The highest BCUT2D eigenvalue weighted by atomic mass is 16.5. The van der Waals surface area contributed by atoms with Gasteiger partial charge >= 0.3 is 6.03 Å². The van der Waals surface area contributed by atoms with Gasteiger partial charge in [0, 0.05) is 6.04 Å². The fourth-order valence-corrected chi connectivity index (χ4v) is 3.07. The van der Waals surface area contributed by atoms with Crippen LogP contribution in [0.1, 0.15) is 25.7 Å². The summed E-state index contributed by atoms with van der Waals surface area (Å²) in [5, 5.41) is 0. The minimum atomic E-state index is -0.216. The monoisotopic (exact) mass is 274 g/mol. The summed E-state index contributed by atoms with van der Waals surface area (Å²) in [7, 11) is 1.54. The number of ether oxygens (including phenoxy) is 1. The first-order valence-corrected chi connectivity index (χ1v) is 6.99. The third kappa shape index (κ3) is 2.03. The first-order valence-electron chi connectivity index (χ1n) is 6.99. The van der Waals surface area contributed by atoms with E-state index in [1.807, 2.05) is 6.07 Å². The van der Waals surface area contributed by atoms with Crippen LogP contribution in [0, 0.1) is 0 Å². The highest BCUT2D eigenvalue weighted by molar-refractivity contribution is 6.20. The Balaban J connectivity index is 1.90. The molecule has 1 aromatic carbocycles. The SMILES string of the molecule is COc1ccccc1N1C(=O)CN(C2CCCC2)C1=O. The number of hydrogen-bond donors (Lipinski definition) is 0. The Morgan fingerprint density at radius 2 is 1.85 bits per heavy atom. The van der Waals surface area contributed by atoms with E-state index in [1.54, 1.807) is 30.2 Å². The first kappa shape index (κ1) is 13.0. The molecular weight excluding hydrogens is 256 g/mol. The predicted octanol–water partition coefficient (Wildman–Crippen LogP) is 2.41. The van der Waals surface area contributed by atoms with Gasteiger partial charge in [0.2, 0.25) is 0 Å². The molecule has 3 rings (SSSR count). The van der Waals surface area contributed by atoms with Gasteiger partial charge in [-0.25, -0.2) is 9.69 Å². The van der Waals surface area contributed by atoms with Crippen molar-refractivity contribution < 1.29 is 14.3 Å². The lowest BCUT2D eigenvalue weighted by Crippen LogP contribution is -2.38. The molecule has 106 valence electrons. The fourth-order valence-electron chi connectivity index (χ4n) is 3.07. The normalized spacial score (nSPS) is 20.1. The van der Waals surface area contributed by atoms with Crippen molar-refractivity contribution in [2.45, 2.75) is 31.7 Å². The van der Waals surface area contributed by atoms with Gasteiger partial charge < -0.3 is 9.64 Å². The molecule has 0 spiro atoms. The van der Waals surface area contributed by atoms with Crippen molar-refractivity contribution in [2.75, 3.05) is 18.6 Å². The summed E-state index contributed by atoms with van der Waals surface area (Å²) >= 11 is 0. The molecule has 1 saturated heterocycles. The van der Waals surface area contributed by atoms with Crippen molar-refractivity contribution in [3.05, 3.63) is 24.3 Å². The first-order chi connectivity index (χ1) is 9.72. The van der Waals surface area contributed by atoms with E-state index in [0.29, 0.717) is 11.4 Å². The van der Waals surface area contributed by atoms with E-state index in [0.717, 1.165) is 25.7 Å². The number of benzene rings is 1. The topological polar surface area (TPSA) is 49.9 Å². The van der Waals surface area contributed by atoms with E-state index in [1.165, 1.54) is 4.90 Å². The minimum absolute atomic E-state index is 0.175. The Hall–Kier alpha value is -2.04. The molecule has 0 radical (unpaired) electrons. The number of nitrogens with zero attached hydrogens (tertiary/aromatic N) is 2. The van der Waals surface area contributed by atoms with Crippen molar-refractivity contribution in [2.24, 2.45) is 0 Å². The summed E-state index contributed by atoms with van der Waals surface area (Å²) in [5.74, 6) is 0.369. The summed E-state index contributed by atoms with van der Waals surface area (Å²) < 4.78 is 5.25. The van der Waals surface area contributed by atoms with Gasteiger partial charge in [-0.1, -0.05) is 25.0 Å². The average Bonchev–Trinajstić information content (AvgIpc) is 3.07.